The lowest BCUT2D eigenvalue weighted by molar-refractivity contribution is 0.674. The fourth-order valence-corrected chi connectivity index (χ4v) is 5.05. The van der Waals surface area contributed by atoms with Crippen molar-refractivity contribution in [3.63, 3.8) is 0 Å². The maximum absolute atomic E-state index is 7.97. The molecule has 0 spiro atoms. The summed E-state index contributed by atoms with van der Waals surface area (Å²) in [6, 6.07) is 27.9. The molecule has 0 aliphatic rings. The van der Waals surface area contributed by atoms with Crippen molar-refractivity contribution in [1.29, 1.82) is 0 Å². The van der Waals surface area contributed by atoms with Gasteiger partial charge in [-0.1, -0.05) is 66.7 Å². The summed E-state index contributed by atoms with van der Waals surface area (Å²) in [6.45, 7) is -5.21. The number of pyridine rings is 1. The van der Waals surface area contributed by atoms with Gasteiger partial charge >= 0.3 is 0 Å². The van der Waals surface area contributed by atoms with Crippen LogP contribution in [0.2, 0.25) is 0 Å². The van der Waals surface area contributed by atoms with Crippen molar-refractivity contribution in [2.75, 3.05) is 0 Å². The Morgan fingerprint density at radius 3 is 1.97 bits per heavy atom. The SMILES string of the molecule is [2H]C([2H])([2H])c1cnc(-c2cccc3c2oc2c3ccc3c4ccccc4c4ccccc4c32)cc1C([2H])([2H])[2H]. The smallest absolute Gasteiger partial charge is 0.144 e. The van der Waals surface area contributed by atoms with Crippen LogP contribution >= 0.6 is 0 Å². The second-order valence-electron chi connectivity index (χ2n) is 8.36. The Morgan fingerprint density at radius 1 is 0.606 bits per heavy atom. The van der Waals surface area contributed by atoms with Gasteiger partial charge in [-0.25, -0.2) is 0 Å². The zero-order chi connectivity index (χ0) is 27.1. The van der Waals surface area contributed by atoms with Gasteiger partial charge < -0.3 is 4.42 Å². The minimum atomic E-state index is -2.61. The van der Waals surface area contributed by atoms with Crippen molar-refractivity contribution in [3.05, 3.63) is 102 Å². The summed E-state index contributed by atoms with van der Waals surface area (Å²) in [5.74, 6) is 0. The Bertz CT molecular complexity index is 2070. The van der Waals surface area contributed by atoms with E-state index < -0.39 is 13.7 Å². The van der Waals surface area contributed by atoms with Crippen LogP contribution in [0.5, 0.6) is 0 Å². The Morgan fingerprint density at radius 2 is 1.21 bits per heavy atom. The molecule has 0 saturated heterocycles. The molecular weight excluding hydrogens is 402 g/mol. The van der Waals surface area contributed by atoms with Crippen LogP contribution in [-0.4, -0.2) is 4.98 Å². The largest absolute Gasteiger partial charge is 0.455 e. The van der Waals surface area contributed by atoms with Gasteiger partial charge in [0.25, 0.3) is 0 Å². The molecule has 0 unspecified atom stereocenters. The van der Waals surface area contributed by atoms with Crippen molar-refractivity contribution >= 4 is 54.3 Å². The first-order valence-electron chi connectivity index (χ1n) is 13.8. The monoisotopic (exact) mass is 429 g/mol. The summed E-state index contributed by atoms with van der Waals surface area (Å²) in [7, 11) is 0. The average molecular weight is 430 g/mol. The molecule has 0 atom stereocenters. The zero-order valence-electron chi connectivity index (χ0n) is 23.5. The van der Waals surface area contributed by atoms with Gasteiger partial charge in [0.05, 0.1) is 5.69 Å². The Balaban J connectivity index is 1.58. The number of aromatic nitrogens is 1. The minimum absolute atomic E-state index is 0.233. The first-order valence-corrected chi connectivity index (χ1v) is 10.8. The third kappa shape index (κ3) is 2.52. The highest BCUT2D eigenvalue weighted by atomic mass is 16.3. The number of aryl methyl sites for hydroxylation is 2. The van der Waals surface area contributed by atoms with Crippen LogP contribution in [0.15, 0.2) is 95.5 Å². The van der Waals surface area contributed by atoms with Crippen LogP contribution in [0.4, 0.5) is 0 Å². The summed E-state index contributed by atoms with van der Waals surface area (Å²) in [5.41, 5.74) is 1.76. The highest BCUT2D eigenvalue weighted by molar-refractivity contribution is 6.32. The van der Waals surface area contributed by atoms with E-state index in [1.54, 1.807) is 0 Å². The standard InChI is InChI=1S/C31H21NO/c1-18-16-28(32-17-19(18)2)27-13-7-12-25-26-15-14-24-22-10-4-3-8-20(22)21-9-5-6-11-23(21)29(24)31(26)33-30(25)27/h3-17H,1-2H3/i1D3,2D3. The van der Waals surface area contributed by atoms with Gasteiger partial charge in [0, 0.05) is 36.1 Å². The Labute approximate surface area is 199 Å². The molecule has 2 nitrogen and oxygen atoms in total. The van der Waals surface area contributed by atoms with Crippen molar-refractivity contribution in [2.24, 2.45) is 0 Å². The predicted octanol–water partition coefficient (Wildman–Crippen LogP) is 8.72. The molecule has 0 bridgehead atoms. The molecule has 156 valence electrons. The number of rotatable bonds is 1. The first-order chi connectivity index (χ1) is 18.6. The van der Waals surface area contributed by atoms with Crippen molar-refractivity contribution < 1.29 is 12.6 Å². The normalized spacial score (nSPS) is 15.4. The molecular formula is C31H21NO. The highest BCUT2D eigenvalue weighted by Crippen LogP contribution is 2.43. The molecule has 2 aromatic heterocycles. The van der Waals surface area contributed by atoms with Crippen LogP contribution in [0.3, 0.4) is 0 Å². The van der Waals surface area contributed by atoms with E-state index in [0.717, 1.165) is 49.5 Å². The van der Waals surface area contributed by atoms with Gasteiger partial charge in [-0.3, -0.25) is 4.98 Å². The molecule has 0 radical (unpaired) electrons. The molecule has 5 aromatic carbocycles. The number of fused-ring (bicyclic) bond motifs is 10. The van der Waals surface area contributed by atoms with E-state index in [-0.39, 0.29) is 11.1 Å². The van der Waals surface area contributed by atoms with Gasteiger partial charge in [0.15, 0.2) is 0 Å². The van der Waals surface area contributed by atoms with Gasteiger partial charge in [-0.05, 0) is 70.0 Å². The van der Waals surface area contributed by atoms with E-state index in [1.165, 1.54) is 11.5 Å². The third-order valence-electron chi connectivity index (χ3n) is 6.55. The summed E-state index contributed by atoms with van der Waals surface area (Å²) < 4.78 is 53.9. The quantitative estimate of drug-likeness (QED) is 0.244. The Hall–Kier alpha value is -4.17. The van der Waals surface area contributed by atoms with Crippen molar-refractivity contribution in [1.82, 2.24) is 4.98 Å². The molecule has 2 heterocycles. The van der Waals surface area contributed by atoms with Crippen LogP contribution < -0.4 is 0 Å². The number of hydrogen-bond donors (Lipinski definition) is 0. The molecule has 33 heavy (non-hydrogen) atoms. The summed E-state index contributed by atoms with van der Waals surface area (Å²) >= 11 is 0. The lowest BCUT2D eigenvalue weighted by atomic mass is 9.93. The van der Waals surface area contributed by atoms with E-state index in [9.17, 15) is 0 Å². The maximum atomic E-state index is 7.97. The number of para-hydroxylation sites is 1. The summed E-state index contributed by atoms with van der Waals surface area (Å²) in [6.07, 6.45) is 1.15. The van der Waals surface area contributed by atoms with E-state index in [2.05, 4.69) is 41.4 Å². The zero-order valence-corrected chi connectivity index (χ0v) is 17.5. The second-order valence-corrected chi connectivity index (χ2v) is 8.36. The minimum Gasteiger partial charge on any atom is -0.455 e. The van der Waals surface area contributed by atoms with E-state index in [0.29, 0.717) is 16.8 Å². The average Bonchev–Trinajstić information content (AvgIpc) is 3.31. The molecule has 7 rings (SSSR count). The lowest BCUT2D eigenvalue weighted by Gasteiger charge is -2.10. The summed E-state index contributed by atoms with van der Waals surface area (Å²) in [4.78, 5) is 4.39. The molecule has 0 N–H and O–H groups in total. The topological polar surface area (TPSA) is 26.0 Å². The van der Waals surface area contributed by atoms with E-state index >= 15 is 0 Å². The van der Waals surface area contributed by atoms with Gasteiger partial charge in [0.2, 0.25) is 0 Å². The molecule has 7 aromatic rings. The number of furan rings is 1. The Kier molecular flexibility index (Phi) is 2.70. The maximum Gasteiger partial charge on any atom is 0.144 e. The van der Waals surface area contributed by atoms with Crippen LogP contribution in [0.25, 0.3) is 65.5 Å². The number of nitrogens with zero attached hydrogens (tertiary/aromatic N) is 1. The number of benzene rings is 5. The van der Waals surface area contributed by atoms with Crippen LogP contribution in [0, 0.1) is 13.7 Å². The van der Waals surface area contributed by atoms with E-state index in [1.807, 2.05) is 42.5 Å². The van der Waals surface area contributed by atoms with Gasteiger partial charge in [-0.15, -0.1) is 0 Å². The number of hydrogen-bond acceptors (Lipinski definition) is 2. The predicted molar refractivity (Wildman–Crippen MR) is 139 cm³/mol. The summed E-state index contributed by atoms with van der Waals surface area (Å²) in [5, 5.41) is 8.44. The second kappa shape index (κ2) is 6.66. The van der Waals surface area contributed by atoms with Gasteiger partial charge in [0.1, 0.15) is 11.2 Å². The molecule has 0 saturated carbocycles. The molecule has 0 amide bonds. The molecule has 2 heteroatoms. The molecule has 0 aliphatic carbocycles. The third-order valence-corrected chi connectivity index (χ3v) is 6.55. The van der Waals surface area contributed by atoms with Crippen LogP contribution in [0.1, 0.15) is 19.4 Å². The lowest BCUT2D eigenvalue weighted by Crippen LogP contribution is -1.88. The fraction of sp³-hybridized carbons (Fsp3) is 0.0645. The van der Waals surface area contributed by atoms with E-state index in [4.69, 9.17) is 12.6 Å². The van der Waals surface area contributed by atoms with Crippen LogP contribution in [-0.2, 0) is 0 Å². The highest BCUT2D eigenvalue weighted by Gasteiger charge is 2.18. The van der Waals surface area contributed by atoms with Crippen molar-refractivity contribution in [2.45, 2.75) is 13.7 Å². The van der Waals surface area contributed by atoms with Gasteiger partial charge in [-0.2, -0.15) is 0 Å². The fourth-order valence-electron chi connectivity index (χ4n) is 5.05. The molecule has 0 aliphatic heterocycles. The first kappa shape index (κ1) is 13.4. The van der Waals surface area contributed by atoms with Crippen molar-refractivity contribution in [3.8, 4) is 11.3 Å². The molecule has 0 fully saturated rings.